The van der Waals surface area contributed by atoms with Gasteiger partial charge in [0.1, 0.15) is 5.75 Å². The topological polar surface area (TPSA) is 58.9 Å². The second kappa shape index (κ2) is 3.56. The van der Waals surface area contributed by atoms with E-state index >= 15 is 0 Å². The molecule has 0 aliphatic heterocycles. The molecule has 1 heterocycles. The first-order valence-corrected chi connectivity index (χ1v) is 4.00. The van der Waals surface area contributed by atoms with Crippen LogP contribution in [-0.4, -0.2) is 20.5 Å². The molecule has 0 saturated heterocycles. The SMILES string of the molecule is Oc1cc(F)c(F)c(-c2cnnnc2)c1. The van der Waals surface area contributed by atoms with E-state index in [0.29, 0.717) is 6.07 Å². The summed E-state index contributed by atoms with van der Waals surface area (Å²) < 4.78 is 26.2. The number of rotatable bonds is 1. The van der Waals surface area contributed by atoms with E-state index in [2.05, 4.69) is 15.4 Å². The molecule has 0 radical (unpaired) electrons. The highest BCUT2D eigenvalue weighted by molar-refractivity contribution is 5.63. The minimum Gasteiger partial charge on any atom is -0.508 e. The lowest BCUT2D eigenvalue weighted by Crippen LogP contribution is -1.92. The van der Waals surface area contributed by atoms with E-state index in [4.69, 9.17) is 5.11 Å². The van der Waals surface area contributed by atoms with Crippen molar-refractivity contribution >= 4 is 0 Å². The Bertz CT molecular complexity index is 490. The van der Waals surface area contributed by atoms with Crippen LogP contribution in [0.4, 0.5) is 8.78 Å². The van der Waals surface area contributed by atoms with Crippen molar-refractivity contribution in [3.05, 3.63) is 36.2 Å². The van der Waals surface area contributed by atoms with E-state index in [0.717, 1.165) is 6.07 Å². The molecule has 6 heteroatoms. The molecule has 0 fully saturated rings. The Balaban J connectivity index is 2.63. The van der Waals surface area contributed by atoms with E-state index in [9.17, 15) is 8.78 Å². The van der Waals surface area contributed by atoms with Crippen LogP contribution in [0.25, 0.3) is 11.1 Å². The molecular formula is C9H5F2N3O. The van der Waals surface area contributed by atoms with Crippen LogP contribution in [0.5, 0.6) is 5.75 Å². The van der Waals surface area contributed by atoms with Crippen molar-refractivity contribution < 1.29 is 13.9 Å². The lowest BCUT2D eigenvalue weighted by atomic mass is 10.1. The highest BCUT2D eigenvalue weighted by atomic mass is 19.2. The van der Waals surface area contributed by atoms with Gasteiger partial charge in [-0.15, -0.1) is 10.2 Å². The van der Waals surface area contributed by atoms with E-state index in [1.807, 2.05) is 0 Å². The number of phenolic OH excluding ortho intramolecular Hbond substituents is 1. The van der Waals surface area contributed by atoms with Crippen LogP contribution in [0, 0.1) is 11.6 Å². The number of nitrogens with zero attached hydrogens (tertiary/aromatic N) is 3. The molecule has 0 bridgehead atoms. The van der Waals surface area contributed by atoms with Crippen molar-refractivity contribution in [2.45, 2.75) is 0 Å². The number of halogens is 2. The first kappa shape index (κ1) is 9.45. The Labute approximate surface area is 83.2 Å². The molecule has 76 valence electrons. The van der Waals surface area contributed by atoms with Gasteiger partial charge in [-0.05, 0) is 11.3 Å². The summed E-state index contributed by atoms with van der Waals surface area (Å²) in [6.45, 7) is 0. The lowest BCUT2D eigenvalue weighted by molar-refractivity contribution is 0.456. The van der Waals surface area contributed by atoms with Gasteiger partial charge in [-0.3, -0.25) is 0 Å². The highest BCUT2D eigenvalue weighted by Gasteiger charge is 2.12. The lowest BCUT2D eigenvalue weighted by Gasteiger charge is -2.03. The molecule has 2 rings (SSSR count). The zero-order valence-electron chi connectivity index (χ0n) is 7.35. The van der Waals surface area contributed by atoms with Crippen LogP contribution in [0.1, 0.15) is 0 Å². The molecule has 0 amide bonds. The predicted molar refractivity (Wildman–Crippen MR) is 46.8 cm³/mol. The maximum absolute atomic E-state index is 13.3. The number of hydrogen-bond acceptors (Lipinski definition) is 4. The maximum Gasteiger partial charge on any atom is 0.167 e. The normalized spacial score (nSPS) is 10.3. The molecule has 0 spiro atoms. The molecule has 0 unspecified atom stereocenters. The van der Waals surface area contributed by atoms with E-state index in [-0.39, 0.29) is 16.9 Å². The van der Waals surface area contributed by atoms with E-state index in [1.165, 1.54) is 12.4 Å². The van der Waals surface area contributed by atoms with Crippen molar-refractivity contribution in [1.82, 2.24) is 15.4 Å². The second-order valence-electron chi connectivity index (χ2n) is 2.82. The Hall–Kier alpha value is -2.11. The first-order chi connectivity index (χ1) is 7.18. The van der Waals surface area contributed by atoms with Crippen LogP contribution in [0.15, 0.2) is 24.5 Å². The summed E-state index contributed by atoms with van der Waals surface area (Å²) in [6, 6.07) is 1.79. The number of aromatic nitrogens is 3. The summed E-state index contributed by atoms with van der Waals surface area (Å²) in [5.74, 6) is -2.54. The average molecular weight is 209 g/mol. The van der Waals surface area contributed by atoms with Crippen molar-refractivity contribution in [1.29, 1.82) is 0 Å². The van der Waals surface area contributed by atoms with Gasteiger partial charge in [0.15, 0.2) is 11.6 Å². The smallest absolute Gasteiger partial charge is 0.167 e. The zero-order chi connectivity index (χ0) is 10.8. The van der Waals surface area contributed by atoms with Crippen molar-refractivity contribution in [3.63, 3.8) is 0 Å². The van der Waals surface area contributed by atoms with Crippen molar-refractivity contribution in [2.24, 2.45) is 0 Å². The molecule has 0 aliphatic rings. The fraction of sp³-hybridized carbons (Fsp3) is 0. The third kappa shape index (κ3) is 1.74. The molecular weight excluding hydrogens is 204 g/mol. The summed E-state index contributed by atoms with van der Waals surface area (Å²) in [5.41, 5.74) is 0.146. The van der Waals surface area contributed by atoms with Gasteiger partial charge in [-0.2, -0.15) is 0 Å². The van der Waals surface area contributed by atoms with Crippen molar-refractivity contribution in [2.75, 3.05) is 0 Å². The maximum atomic E-state index is 13.3. The quantitative estimate of drug-likeness (QED) is 0.773. The first-order valence-electron chi connectivity index (χ1n) is 4.00. The van der Waals surface area contributed by atoms with Gasteiger partial charge in [-0.25, -0.2) is 8.78 Å². The van der Waals surface area contributed by atoms with E-state index < -0.39 is 11.6 Å². The summed E-state index contributed by atoms with van der Waals surface area (Å²) in [4.78, 5) is 0. The van der Waals surface area contributed by atoms with E-state index in [1.54, 1.807) is 0 Å². The van der Waals surface area contributed by atoms with Crippen LogP contribution in [0.2, 0.25) is 0 Å². The molecule has 4 nitrogen and oxygen atoms in total. The Morgan fingerprint density at radius 3 is 2.40 bits per heavy atom. The minimum absolute atomic E-state index is 0.102. The Morgan fingerprint density at radius 1 is 1.07 bits per heavy atom. The van der Waals surface area contributed by atoms with Crippen LogP contribution in [-0.2, 0) is 0 Å². The molecule has 15 heavy (non-hydrogen) atoms. The molecule has 2 aromatic rings. The summed E-state index contributed by atoms with van der Waals surface area (Å²) in [5, 5.41) is 19.2. The second-order valence-corrected chi connectivity index (χ2v) is 2.82. The number of phenols is 1. The molecule has 0 atom stereocenters. The van der Waals surface area contributed by atoms with Gasteiger partial charge >= 0.3 is 0 Å². The third-order valence-electron chi connectivity index (χ3n) is 1.82. The standard InChI is InChI=1S/C9H5F2N3O/c10-8-2-6(15)1-7(9(8)11)5-3-12-14-13-4-5/h1-4,15H. The summed E-state index contributed by atoms with van der Waals surface area (Å²) in [6.07, 6.45) is 2.45. The van der Waals surface area contributed by atoms with Gasteiger partial charge in [0.25, 0.3) is 0 Å². The van der Waals surface area contributed by atoms with Crippen molar-refractivity contribution in [3.8, 4) is 16.9 Å². The molecule has 0 aliphatic carbocycles. The van der Waals surface area contributed by atoms with Gasteiger partial charge in [0.05, 0.1) is 12.4 Å². The fourth-order valence-electron chi connectivity index (χ4n) is 1.16. The zero-order valence-corrected chi connectivity index (χ0v) is 7.35. The van der Waals surface area contributed by atoms with Crippen LogP contribution < -0.4 is 0 Å². The number of aromatic hydroxyl groups is 1. The molecule has 1 aromatic carbocycles. The highest BCUT2D eigenvalue weighted by Crippen LogP contribution is 2.27. The average Bonchev–Trinajstić information content (AvgIpc) is 2.24. The van der Waals surface area contributed by atoms with Crippen LogP contribution in [0.3, 0.4) is 0 Å². The summed E-state index contributed by atoms with van der Waals surface area (Å²) in [7, 11) is 0. The fourth-order valence-corrected chi connectivity index (χ4v) is 1.16. The monoisotopic (exact) mass is 209 g/mol. The van der Waals surface area contributed by atoms with Gasteiger partial charge in [-0.1, -0.05) is 0 Å². The largest absolute Gasteiger partial charge is 0.508 e. The predicted octanol–water partition coefficient (Wildman–Crippen LogP) is 1.52. The van der Waals surface area contributed by atoms with Crippen LogP contribution >= 0.6 is 0 Å². The minimum atomic E-state index is -1.12. The van der Waals surface area contributed by atoms with Gasteiger partial charge < -0.3 is 5.11 Å². The number of hydrogen-bond donors (Lipinski definition) is 1. The third-order valence-corrected chi connectivity index (χ3v) is 1.82. The Morgan fingerprint density at radius 2 is 1.73 bits per heavy atom. The Kier molecular flexibility index (Phi) is 2.24. The van der Waals surface area contributed by atoms with Gasteiger partial charge in [0, 0.05) is 17.2 Å². The molecule has 1 aromatic heterocycles. The van der Waals surface area contributed by atoms with Gasteiger partial charge in [0.2, 0.25) is 0 Å². The summed E-state index contributed by atoms with van der Waals surface area (Å²) >= 11 is 0. The number of benzene rings is 1. The molecule has 1 N–H and O–H groups in total. The molecule has 0 saturated carbocycles.